The molecule has 0 aliphatic rings. The Labute approximate surface area is 109 Å². The molecule has 2 unspecified atom stereocenters. The van der Waals surface area contributed by atoms with Gasteiger partial charge in [0.15, 0.2) is 0 Å². The summed E-state index contributed by atoms with van der Waals surface area (Å²) in [6.07, 6.45) is -5.31. The molecule has 0 aliphatic heterocycles. The highest BCUT2D eigenvalue weighted by Crippen LogP contribution is 2.39. The van der Waals surface area contributed by atoms with E-state index in [0.29, 0.717) is 5.56 Å². The van der Waals surface area contributed by atoms with Crippen LogP contribution in [0.3, 0.4) is 0 Å². The highest BCUT2D eigenvalue weighted by atomic mass is 79.9. The maximum Gasteiger partial charge on any atom is 0.442 e. The average Bonchev–Trinajstić information content (AvgIpc) is 2.28. The first kappa shape index (κ1) is 14.9. The Balaban J connectivity index is 2.78. The van der Waals surface area contributed by atoms with Crippen molar-refractivity contribution in [2.45, 2.75) is 23.7 Å². The predicted octanol–water partition coefficient (Wildman–Crippen LogP) is 3.49. The maximum absolute atomic E-state index is 13.2. The van der Waals surface area contributed by atoms with Crippen LogP contribution < -0.4 is 5.32 Å². The molecule has 0 saturated heterocycles. The van der Waals surface area contributed by atoms with Gasteiger partial charge in [0, 0.05) is 0 Å². The third-order valence-corrected chi connectivity index (χ3v) is 3.10. The first-order chi connectivity index (χ1) is 8.16. The lowest BCUT2D eigenvalue weighted by atomic mass is 10.1. The van der Waals surface area contributed by atoms with Crippen molar-refractivity contribution in [3.05, 3.63) is 35.9 Å². The minimum atomic E-state index is -5.31. The van der Waals surface area contributed by atoms with Crippen molar-refractivity contribution in [3.63, 3.8) is 0 Å². The third kappa shape index (κ3) is 3.22. The van der Waals surface area contributed by atoms with Crippen LogP contribution in [0.1, 0.15) is 18.5 Å². The van der Waals surface area contributed by atoms with Crippen LogP contribution in [0.2, 0.25) is 0 Å². The molecule has 1 aromatic rings. The van der Waals surface area contributed by atoms with Crippen LogP contribution in [0.15, 0.2) is 30.3 Å². The van der Waals surface area contributed by atoms with Crippen molar-refractivity contribution in [1.29, 1.82) is 0 Å². The molecule has 0 heterocycles. The SMILES string of the molecule is CC(NC(=O)C(F)(Br)C(F)(F)F)c1ccccc1. The molecule has 0 aliphatic carbocycles. The van der Waals surface area contributed by atoms with E-state index in [4.69, 9.17) is 0 Å². The van der Waals surface area contributed by atoms with Gasteiger partial charge in [-0.2, -0.15) is 13.2 Å². The molecule has 0 radical (unpaired) electrons. The molecule has 0 fully saturated rings. The fourth-order valence-electron chi connectivity index (χ4n) is 1.24. The van der Waals surface area contributed by atoms with Crippen molar-refractivity contribution in [3.8, 4) is 0 Å². The fourth-order valence-corrected chi connectivity index (χ4v) is 1.36. The largest absolute Gasteiger partial charge is 0.442 e. The van der Waals surface area contributed by atoms with Crippen molar-refractivity contribution in [1.82, 2.24) is 5.32 Å². The summed E-state index contributed by atoms with van der Waals surface area (Å²) >= 11 is 1.77. The highest BCUT2D eigenvalue weighted by Gasteiger charge is 2.60. The number of nitrogens with one attached hydrogen (secondary N) is 1. The summed E-state index contributed by atoms with van der Waals surface area (Å²) in [7, 11) is 0. The summed E-state index contributed by atoms with van der Waals surface area (Å²) in [5.74, 6) is -1.77. The van der Waals surface area contributed by atoms with Crippen LogP contribution in [0.5, 0.6) is 0 Å². The van der Waals surface area contributed by atoms with Crippen LogP contribution in [0.4, 0.5) is 17.6 Å². The van der Waals surface area contributed by atoms with Gasteiger partial charge in [0.1, 0.15) is 0 Å². The van der Waals surface area contributed by atoms with E-state index in [-0.39, 0.29) is 0 Å². The van der Waals surface area contributed by atoms with Gasteiger partial charge in [-0.05, 0) is 28.4 Å². The molecule has 2 nitrogen and oxygen atoms in total. The zero-order chi connectivity index (χ0) is 14.0. The van der Waals surface area contributed by atoms with E-state index in [0.717, 1.165) is 0 Å². The lowest BCUT2D eigenvalue weighted by Crippen LogP contribution is -2.49. The first-order valence-corrected chi connectivity index (χ1v) is 5.76. The molecule has 2 atom stereocenters. The van der Waals surface area contributed by atoms with Gasteiger partial charge in [-0.1, -0.05) is 30.3 Å². The predicted molar refractivity (Wildman–Crippen MR) is 61.8 cm³/mol. The van der Waals surface area contributed by atoms with Crippen LogP contribution in [-0.2, 0) is 4.79 Å². The quantitative estimate of drug-likeness (QED) is 0.668. The Morgan fingerprint density at radius 1 is 1.22 bits per heavy atom. The number of carbonyl (C=O) groups is 1. The van der Waals surface area contributed by atoms with E-state index in [9.17, 15) is 22.4 Å². The Bertz CT molecular complexity index is 419. The summed E-state index contributed by atoms with van der Waals surface area (Å²) in [4.78, 5) is 11.2. The van der Waals surface area contributed by atoms with Crippen molar-refractivity contribution < 1.29 is 22.4 Å². The Hall–Kier alpha value is -1.11. The highest BCUT2D eigenvalue weighted by molar-refractivity contribution is 9.10. The van der Waals surface area contributed by atoms with E-state index in [1.807, 2.05) is 5.32 Å². The second-order valence-corrected chi connectivity index (χ2v) is 4.77. The molecule has 1 rings (SSSR count). The number of carbonyl (C=O) groups excluding carboxylic acids is 1. The lowest BCUT2D eigenvalue weighted by molar-refractivity contribution is -0.196. The van der Waals surface area contributed by atoms with Crippen LogP contribution in [-0.4, -0.2) is 16.7 Å². The van der Waals surface area contributed by atoms with Gasteiger partial charge >= 0.3 is 10.8 Å². The molecule has 0 spiro atoms. The molecular formula is C11H10BrF4NO. The summed E-state index contributed by atoms with van der Waals surface area (Å²) in [5, 5.41) is 1.96. The Kier molecular flexibility index (Phi) is 4.37. The molecule has 100 valence electrons. The average molecular weight is 328 g/mol. The number of hydrogen-bond donors (Lipinski definition) is 1. The van der Waals surface area contributed by atoms with Gasteiger partial charge in [0.25, 0.3) is 5.91 Å². The van der Waals surface area contributed by atoms with Crippen molar-refractivity contribution >= 4 is 21.8 Å². The Morgan fingerprint density at radius 3 is 2.17 bits per heavy atom. The first-order valence-electron chi connectivity index (χ1n) is 4.96. The van der Waals surface area contributed by atoms with Crippen LogP contribution in [0, 0.1) is 0 Å². The standard InChI is InChI=1S/C11H10BrF4NO/c1-7(8-5-3-2-4-6-8)17-9(18)10(12,13)11(14,15)16/h2-7H,1H3,(H,17,18). The number of alkyl halides is 5. The molecule has 18 heavy (non-hydrogen) atoms. The summed E-state index contributed by atoms with van der Waals surface area (Å²) in [6, 6.07) is 7.56. The van der Waals surface area contributed by atoms with E-state index in [1.165, 1.54) is 6.92 Å². The van der Waals surface area contributed by atoms with Crippen LogP contribution >= 0.6 is 15.9 Å². The molecule has 1 N–H and O–H groups in total. The van der Waals surface area contributed by atoms with Gasteiger partial charge in [0.05, 0.1) is 6.04 Å². The second kappa shape index (κ2) is 5.26. The molecule has 1 aromatic carbocycles. The van der Waals surface area contributed by atoms with Gasteiger partial charge in [0.2, 0.25) is 0 Å². The molecule has 1 amide bonds. The van der Waals surface area contributed by atoms with Crippen LogP contribution in [0.25, 0.3) is 0 Å². The normalized spacial score (nSPS) is 16.8. The Morgan fingerprint density at radius 2 is 1.72 bits per heavy atom. The van der Waals surface area contributed by atoms with Gasteiger partial charge < -0.3 is 5.32 Å². The van der Waals surface area contributed by atoms with E-state index in [1.54, 1.807) is 46.3 Å². The number of amides is 1. The summed E-state index contributed by atoms with van der Waals surface area (Å²) < 4.78 is 45.9. The lowest BCUT2D eigenvalue weighted by Gasteiger charge is -2.23. The maximum atomic E-state index is 13.2. The van der Waals surface area contributed by atoms with Gasteiger partial charge in [-0.15, -0.1) is 0 Å². The van der Waals surface area contributed by atoms with Crippen molar-refractivity contribution in [2.75, 3.05) is 0 Å². The van der Waals surface area contributed by atoms with Crippen molar-refractivity contribution in [2.24, 2.45) is 0 Å². The van der Waals surface area contributed by atoms with E-state index >= 15 is 0 Å². The monoisotopic (exact) mass is 327 g/mol. The third-order valence-electron chi connectivity index (χ3n) is 2.29. The smallest absolute Gasteiger partial charge is 0.346 e. The number of benzene rings is 1. The van der Waals surface area contributed by atoms with E-state index < -0.39 is 22.7 Å². The van der Waals surface area contributed by atoms with Gasteiger partial charge in [-0.3, -0.25) is 4.79 Å². The molecule has 7 heteroatoms. The molecule has 0 bridgehead atoms. The molecular weight excluding hydrogens is 318 g/mol. The van der Waals surface area contributed by atoms with E-state index in [2.05, 4.69) is 0 Å². The van der Waals surface area contributed by atoms with Gasteiger partial charge in [-0.25, -0.2) is 4.39 Å². The minimum absolute atomic E-state index is 0.580. The zero-order valence-electron chi connectivity index (χ0n) is 9.26. The number of halogens is 5. The number of hydrogen-bond acceptors (Lipinski definition) is 1. The minimum Gasteiger partial charge on any atom is -0.346 e. The molecule has 0 aromatic heterocycles. The summed E-state index contributed by atoms with van der Waals surface area (Å²) in [6.45, 7) is 1.46. The summed E-state index contributed by atoms with van der Waals surface area (Å²) in [5.41, 5.74) is 0.580. The second-order valence-electron chi connectivity index (χ2n) is 3.68. The molecule has 0 saturated carbocycles. The number of rotatable bonds is 3. The fraction of sp³-hybridized carbons (Fsp3) is 0.364. The topological polar surface area (TPSA) is 29.1 Å². The zero-order valence-corrected chi connectivity index (χ0v) is 10.8.